The van der Waals surface area contributed by atoms with Gasteiger partial charge in [-0.2, -0.15) is 0 Å². The number of benzene rings is 2. The SMILES string of the molecule is CC(=O)C(COc1ccc(-c2nc(-c3cccc(C)c3C)[nH]c2C)cc1)=C(C)N. The number of imidazole rings is 1. The highest BCUT2D eigenvalue weighted by Crippen LogP contribution is 2.29. The molecule has 0 aliphatic rings. The minimum absolute atomic E-state index is 0.0762. The largest absolute Gasteiger partial charge is 0.489 e. The zero-order chi connectivity index (χ0) is 21.1. The van der Waals surface area contributed by atoms with Gasteiger partial charge in [-0.1, -0.05) is 18.2 Å². The van der Waals surface area contributed by atoms with Crippen molar-refractivity contribution in [2.45, 2.75) is 34.6 Å². The summed E-state index contributed by atoms with van der Waals surface area (Å²) in [6, 6.07) is 13.9. The predicted molar refractivity (Wildman–Crippen MR) is 117 cm³/mol. The number of nitrogens with zero attached hydrogens (tertiary/aromatic N) is 1. The number of aryl methyl sites for hydroxylation is 2. The molecule has 5 nitrogen and oxygen atoms in total. The third-order valence-electron chi connectivity index (χ3n) is 5.16. The van der Waals surface area contributed by atoms with E-state index in [1.165, 1.54) is 18.1 Å². The van der Waals surface area contributed by atoms with E-state index in [0.29, 0.717) is 17.0 Å². The quantitative estimate of drug-likeness (QED) is 0.589. The van der Waals surface area contributed by atoms with E-state index < -0.39 is 0 Å². The van der Waals surface area contributed by atoms with Crippen molar-refractivity contribution in [2.75, 3.05) is 6.61 Å². The lowest BCUT2D eigenvalue weighted by atomic mass is 10.0. The lowest BCUT2D eigenvalue weighted by Crippen LogP contribution is -2.13. The maximum Gasteiger partial charge on any atom is 0.160 e. The fourth-order valence-electron chi connectivity index (χ4n) is 3.23. The van der Waals surface area contributed by atoms with Crippen LogP contribution >= 0.6 is 0 Å². The first-order valence-corrected chi connectivity index (χ1v) is 9.60. The molecule has 0 saturated heterocycles. The Hall–Kier alpha value is -3.34. The van der Waals surface area contributed by atoms with Crippen molar-refractivity contribution >= 4 is 5.78 Å². The van der Waals surface area contributed by atoms with Gasteiger partial charge in [0, 0.05) is 22.5 Å². The van der Waals surface area contributed by atoms with Gasteiger partial charge in [0.05, 0.1) is 11.3 Å². The summed E-state index contributed by atoms with van der Waals surface area (Å²) in [5, 5.41) is 0. The Labute approximate surface area is 171 Å². The Morgan fingerprint density at radius 3 is 2.38 bits per heavy atom. The number of H-pyrrole nitrogens is 1. The highest BCUT2D eigenvalue weighted by Gasteiger charge is 2.13. The first-order chi connectivity index (χ1) is 13.8. The lowest BCUT2D eigenvalue weighted by molar-refractivity contribution is -0.114. The molecule has 150 valence electrons. The van der Waals surface area contributed by atoms with Crippen LogP contribution in [0, 0.1) is 20.8 Å². The van der Waals surface area contributed by atoms with Crippen molar-refractivity contribution < 1.29 is 9.53 Å². The number of allylic oxidation sites excluding steroid dienone is 1. The first-order valence-electron chi connectivity index (χ1n) is 9.60. The van der Waals surface area contributed by atoms with Gasteiger partial charge in [0.15, 0.2) is 5.78 Å². The number of Topliss-reactive ketones (excluding diaryl/α,β-unsaturated/α-hetero) is 1. The fourth-order valence-corrected chi connectivity index (χ4v) is 3.23. The minimum atomic E-state index is -0.0762. The van der Waals surface area contributed by atoms with Crippen LogP contribution in [0.15, 0.2) is 53.7 Å². The first kappa shape index (κ1) is 20.4. The van der Waals surface area contributed by atoms with Crippen molar-refractivity contribution in [3.05, 3.63) is 70.6 Å². The van der Waals surface area contributed by atoms with Gasteiger partial charge in [-0.05, 0) is 70.0 Å². The second-order valence-electron chi connectivity index (χ2n) is 7.34. The number of hydrogen-bond donors (Lipinski definition) is 2. The van der Waals surface area contributed by atoms with E-state index in [-0.39, 0.29) is 12.4 Å². The summed E-state index contributed by atoms with van der Waals surface area (Å²) in [5.41, 5.74) is 13.2. The molecule has 0 atom stereocenters. The molecule has 5 heteroatoms. The van der Waals surface area contributed by atoms with E-state index in [0.717, 1.165) is 28.3 Å². The summed E-state index contributed by atoms with van der Waals surface area (Å²) in [5.74, 6) is 1.47. The molecule has 0 amide bonds. The number of nitrogens with one attached hydrogen (secondary N) is 1. The molecule has 2 aromatic carbocycles. The number of hydrogen-bond acceptors (Lipinski definition) is 4. The smallest absolute Gasteiger partial charge is 0.160 e. The molecule has 3 aromatic rings. The van der Waals surface area contributed by atoms with E-state index in [1.807, 2.05) is 37.3 Å². The van der Waals surface area contributed by atoms with E-state index in [4.69, 9.17) is 15.5 Å². The number of carbonyl (C=O) groups excluding carboxylic acids is 1. The van der Waals surface area contributed by atoms with Gasteiger partial charge < -0.3 is 15.5 Å². The molecule has 29 heavy (non-hydrogen) atoms. The van der Waals surface area contributed by atoms with Gasteiger partial charge in [-0.15, -0.1) is 0 Å². The van der Waals surface area contributed by atoms with Crippen LogP contribution in [0.1, 0.15) is 30.7 Å². The Bertz CT molecular complexity index is 1070. The Balaban J connectivity index is 1.82. The number of ketones is 1. The molecule has 0 saturated carbocycles. The molecule has 3 N–H and O–H groups in total. The maximum absolute atomic E-state index is 11.6. The third-order valence-corrected chi connectivity index (χ3v) is 5.16. The second kappa shape index (κ2) is 8.35. The van der Waals surface area contributed by atoms with Crippen molar-refractivity contribution in [3.8, 4) is 28.4 Å². The Morgan fingerprint density at radius 1 is 1.07 bits per heavy atom. The number of ether oxygens (including phenoxy) is 1. The fraction of sp³-hybridized carbons (Fsp3) is 0.250. The normalized spacial score (nSPS) is 11.9. The minimum Gasteiger partial charge on any atom is -0.489 e. The van der Waals surface area contributed by atoms with Crippen LogP contribution in [-0.2, 0) is 4.79 Å². The number of carbonyl (C=O) groups is 1. The number of nitrogens with two attached hydrogens (primary N) is 1. The zero-order valence-corrected chi connectivity index (χ0v) is 17.6. The molecule has 0 unspecified atom stereocenters. The second-order valence-corrected chi connectivity index (χ2v) is 7.34. The van der Waals surface area contributed by atoms with Crippen LogP contribution in [0.5, 0.6) is 5.75 Å². The van der Waals surface area contributed by atoms with Gasteiger partial charge >= 0.3 is 0 Å². The number of aromatic nitrogens is 2. The van der Waals surface area contributed by atoms with E-state index in [2.05, 4.69) is 31.0 Å². The molecular formula is C24H27N3O2. The summed E-state index contributed by atoms with van der Waals surface area (Å²) in [6.45, 7) is 9.60. The van der Waals surface area contributed by atoms with Gasteiger partial charge in [0.2, 0.25) is 0 Å². The Morgan fingerprint density at radius 2 is 1.76 bits per heavy atom. The van der Waals surface area contributed by atoms with Crippen LogP contribution in [-0.4, -0.2) is 22.4 Å². The molecule has 1 heterocycles. The Kier molecular flexibility index (Phi) is 5.87. The molecule has 0 radical (unpaired) electrons. The zero-order valence-electron chi connectivity index (χ0n) is 17.6. The molecule has 3 rings (SSSR count). The highest BCUT2D eigenvalue weighted by atomic mass is 16.5. The van der Waals surface area contributed by atoms with Gasteiger partial charge in [0.25, 0.3) is 0 Å². The third kappa shape index (κ3) is 4.40. The molecule has 0 fully saturated rings. The van der Waals surface area contributed by atoms with Crippen LogP contribution in [0.2, 0.25) is 0 Å². The molecule has 0 aliphatic heterocycles. The summed E-state index contributed by atoms with van der Waals surface area (Å²) in [7, 11) is 0. The number of rotatable bonds is 6. The topological polar surface area (TPSA) is 81.0 Å². The summed E-state index contributed by atoms with van der Waals surface area (Å²) < 4.78 is 5.73. The van der Waals surface area contributed by atoms with Crippen LogP contribution in [0.25, 0.3) is 22.6 Å². The van der Waals surface area contributed by atoms with E-state index >= 15 is 0 Å². The molecule has 0 bridgehead atoms. The number of aromatic amines is 1. The summed E-state index contributed by atoms with van der Waals surface area (Å²) in [4.78, 5) is 19.9. The predicted octanol–water partition coefficient (Wildman–Crippen LogP) is 4.87. The molecular weight excluding hydrogens is 362 g/mol. The molecule has 0 aliphatic carbocycles. The van der Waals surface area contributed by atoms with E-state index in [1.54, 1.807) is 6.92 Å². The van der Waals surface area contributed by atoms with Gasteiger partial charge in [-0.3, -0.25) is 4.79 Å². The highest BCUT2D eigenvalue weighted by molar-refractivity contribution is 5.94. The average Bonchev–Trinajstić information content (AvgIpc) is 3.05. The van der Waals surface area contributed by atoms with Crippen LogP contribution in [0.4, 0.5) is 0 Å². The standard InChI is InChI=1S/C24H27N3O2/c1-14-7-6-8-21(15(14)2)24-26-17(4)23(27-24)19-9-11-20(12-10-19)29-13-22(16(3)25)18(5)28/h6-12H,13,25H2,1-5H3,(H,26,27). The molecule has 0 spiro atoms. The summed E-state index contributed by atoms with van der Waals surface area (Å²) >= 11 is 0. The van der Waals surface area contributed by atoms with Crippen molar-refractivity contribution in [2.24, 2.45) is 5.73 Å². The van der Waals surface area contributed by atoms with Gasteiger partial charge in [0.1, 0.15) is 18.2 Å². The van der Waals surface area contributed by atoms with Gasteiger partial charge in [-0.25, -0.2) is 4.98 Å². The van der Waals surface area contributed by atoms with Crippen LogP contribution < -0.4 is 10.5 Å². The summed E-state index contributed by atoms with van der Waals surface area (Å²) in [6.07, 6.45) is 0. The maximum atomic E-state index is 11.6. The molecule has 1 aromatic heterocycles. The van der Waals surface area contributed by atoms with Crippen molar-refractivity contribution in [1.82, 2.24) is 9.97 Å². The lowest BCUT2D eigenvalue weighted by Gasteiger charge is -2.09. The van der Waals surface area contributed by atoms with Crippen molar-refractivity contribution in [3.63, 3.8) is 0 Å². The average molecular weight is 389 g/mol. The van der Waals surface area contributed by atoms with Crippen molar-refractivity contribution in [1.29, 1.82) is 0 Å². The monoisotopic (exact) mass is 389 g/mol. The van der Waals surface area contributed by atoms with E-state index in [9.17, 15) is 4.79 Å². The van der Waals surface area contributed by atoms with Crippen LogP contribution in [0.3, 0.4) is 0 Å².